The van der Waals surface area contributed by atoms with E-state index >= 15 is 0 Å². The SMILES string of the molecule is [2H]C(CNC(=O)c1ccc(CNC(C)=O)cc1)ON=O. The number of hydrogen-bond acceptors (Lipinski definition) is 5. The molecule has 0 radical (unpaired) electrons. The average Bonchev–Trinajstić information content (AvgIpc) is 2.43. The lowest BCUT2D eigenvalue weighted by Crippen LogP contribution is -2.26. The molecule has 0 heterocycles. The molecule has 0 saturated carbocycles. The van der Waals surface area contributed by atoms with Gasteiger partial charge in [0.1, 0.15) is 6.58 Å². The Morgan fingerprint density at radius 1 is 1.32 bits per heavy atom. The summed E-state index contributed by atoms with van der Waals surface area (Å²) in [6.07, 6.45) is 0. The lowest BCUT2D eigenvalue weighted by Gasteiger charge is -2.05. The molecule has 0 aliphatic carbocycles. The summed E-state index contributed by atoms with van der Waals surface area (Å²) >= 11 is 0. The molecule has 0 spiro atoms. The van der Waals surface area contributed by atoms with Crippen LogP contribution in [0.25, 0.3) is 0 Å². The molecule has 1 aromatic rings. The lowest BCUT2D eigenvalue weighted by molar-refractivity contribution is -0.119. The zero-order valence-electron chi connectivity index (χ0n) is 11.4. The van der Waals surface area contributed by atoms with E-state index in [9.17, 15) is 14.5 Å². The van der Waals surface area contributed by atoms with E-state index in [4.69, 9.17) is 1.37 Å². The van der Waals surface area contributed by atoms with Gasteiger partial charge in [0.05, 0.1) is 7.92 Å². The number of nitrogens with one attached hydrogen (secondary N) is 2. The quantitative estimate of drug-likeness (QED) is 0.562. The summed E-state index contributed by atoms with van der Waals surface area (Å²) in [6, 6.07) is 6.63. The van der Waals surface area contributed by atoms with Crippen LogP contribution in [0.5, 0.6) is 0 Å². The fourth-order valence-corrected chi connectivity index (χ4v) is 1.30. The molecule has 2 N–H and O–H groups in total. The maximum atomic E-state index is 11.7. The Morgan fingerprint density at radius 3 is 2.58 bits per heavy atom. The maximum Gasteiger partial charge on any atom is 0.251 e. The first kappa shape index (κ1) is 13.0. The van der Waals surface area contributed by atoms with Gasteiger partial charge < -0.3 is 15.5 Å². The van der Waals surface area contributed by atoms with Crippen molar-refractivity contribution in [3.05, 3.63) is 40.3 Å². The first-order chi connectivity index (χ1) is 9.52. The van der Waals surface area contributed by atoms with Gasteiger partial charge in [0.15, 0.2) is 5.34 Å². The molecule has 2 amide bonds. The Balaban J connectivity index is 2.48. The van der Waals surface area contributed by atoms with Crippen molar-refractivity contribution in [2.24, 2.45) is 5.34 Å². The third-order valence-corrected chi connectivity index (χ3v) is 2.22. The van der Waals surface area contributed by atoms with Crippen molar-refractivity contribution in [3.63, 3.8) is 0 Å². The summed E-state index contributed by atoms with van der Waals surface area (Å²) in [5, 5.41) is 7.19. The monoisotopic (exact) mass is 266 g/mol. The number of benzene rings is 1. The molecule has 7 heteroatoms. The molecule has 0 aliphatic heterocycles. The van der Waals surface area contributed by atoms with Gasteiger partial charge in [-0.3, -0.25) is 9.59 Å². The van der Waals surface area contributed by atoms with Crippen molar-refractivity contribution >= 4 is 11.8 Å². The third-order valence-electron chi connectivity index (χ3n) is 2.22. The Labute approximate surface area is 111 Å². The molecule has 1 aromatic carbocycles. The second-order valence-corrected chi connectivity index (χ2v) is 3.66. The fraction of sp³-hybridized carbons (Fsp3) is 0.333. The van der Waals surface area contributed by atoms with Crippen LogP contribution in [0.15, 0.2) is 29.6 Å². The molecule has 0 aliphatic rings. The van der Waals surface area contributed by atoms with Crippen LogP contribution in [-0.2, 0) is 16.2 Å². The molecule has 0 aromatic heterocycles. The topological polar surface area (TPSA) is 96.9 Å². The van der Waals surface area contributed by atoms with E-state index in [-0.39, 0.29) is 18.4 Å². The van der Waals surface area contributed by atoms with Crippen LogP contribution in [0, 0.1) is 4.91 Å². The van der Waals surface area contributed by atoms with E-state index in [1.54, 1.807) is 24.3 Å². The van der Waals surface area contributed by atoms with Gasteiger partial charge in [-0.05, 0) is 17.7 Å². The predicted molar refractivity (Wildman–Crippen MR) is 68.0 cm³/mol. The summed E-state index contributed by atoms with van der Waals surface area (Å²) in [5.41, 5.74) is 1.27. The fourth-order valence-electron chi connectivity index (χ4n) is 1.30. The van der Waals surface area contributed by atoms with E-state index in [1.807, 2.05) is 0 Å². The highest BCUT2D eigenvalue weighted by Gasteiger charge is 2.04. The normalized spacial score (nSPS) is 11.9. The van der Waals surface area contributed by atoms with E-state index in [0.29, 0.717) is 12.1 Å². The summed E-state index contributed by atoms with van der Waals surface area (Å²) in [6.45, 7) is 0.453. The molecular formula is C12H15N3O4. The Hall–Kier alpha value is -2.44. The number of carbonyl (C=O) groups is 2. The van der Waals surface area contributed by atoms with Crippen molar-refractivity contribution in [3.8, 4) is 0 Å². The smallest absolute Gasteiger partial charge is 0.251 e. The molecule has 7 nitrogen and oxygen atoms in total. The molecule has 0 fully saturated rings. The van der Waals surface area contributed by atoms with Gasteiger partial charge in [-0.25, -0.2) is 0 Å². The van der Waals surface area contributed by atoms with Crippen molar-refractivity contribution in [1.29, 1.82) is 0 Å². The van der Waals surface area contributed by atoms with E-state index in [0.717, 1.165) is 5.56 Å². The second-order valence-electron chi connectivity index (χ2n) is 3.66. The first-order valence-corrected chi connectivity index (χ1v) is 5.55. The zero-order valence-corrected chi connectivity index (χ0v) is 10.4. The molecule has 1 unspecified atom stereocenters. The predicted octanol–water partition coefficient (Wildman–Crippen LogP) is 0.750. The lowest BCUT2D eigenvalue weighted by atomic mass is 10.1. The van der Waals surface area contributed by atoms with Crippen LogP contribution in [0.3, 0.4) is 0 Å². The third kappa shape index (κ3) is 5.62. The Kier molecular flexibility index (Phi) is 5.34. The van der Waals surface area contributed by atoms with Crippen LogP contribution in [0.1, 0.15) is 24.2 Å². The maximum absolute atomic E-state index is 11.7. The highest BCUT2D eigenvalue weighted by atomic mass is 16.7. The summed E-state index contributed by atoms with van der Waals surface area (Å²) in [7, 11) is 0. The minimum atomic E-state index is -1.23. The summed E-state index contributed by atoms with van der Waals surface area (Å²) < 4.78 is 7.19. The van der Waals surface area contributed by atoms with Gasteiger partial charge in [0.2, 0.25) is 5.91 Å². The van der Waals surface area contributed by atoms with Gasteiger partial charge in [-0.15, -0.1) is 4.91 Å². The molecular weight excluding hydrogens is 250 g/mol. The Bertz CT molecular complexity index is 478. The molecule has 0 bridgehead atoms. The van der Waals surface area contributed by atoms with Crippen molar-refractivity contribution < 1.29 is 15.8 Å². The van der Waals surface area contributed by atoms with Crippen LogP contribution in [0.2, 0.25) is 0 Å². The highest BCUT2D eigenvalue weighted by Crippen LogP contribution is 2.04. The number of rotatable bonds is 7. The number of hydrogen-bond donors (Lipinski definition) is 2. The van der Waals surface area contributed by atoms with Gasteiger partial charge in [0, 0.05) is 19.0 Å². The highest BCUT2D eigenvalue weighted by molar-refractivity contribution is 5.94. The van der Waals surface area contributed by atoms with E-state index in [1.165, 1.54) is 6.92 Å². The zero-order chi connectivity index (χ0) is 15.0. The molecule has 1 rings (SSSR count). The molecule has 1 atom stereocenters. The van der Waals surface area contributed by atoms with Crippen molar-refractivity contribution in [2.45, 2.75) is 13.5 Å². The summed E-state index contributed by atoms with van der Waals surface area (Å²) in [5.74, 6) is -0.514. The van der Waals surface area contributed by atoms with Gasteiger partial charge in [-0.1, -0.05) is 12.1 Å². The van der Waals surface area contributed by atoms with Gasteiger partial charge in [0.25, 0.3) is 5.91 Å². The van der Waals surface area contributed by atoms with Crippen LogP contribution >= 0.6 is 0 Å². The largest absolute Gasteiger partial charge is 0.362 e. The molecule has 102 valence electrons. The number of carbonyl (C=O) groups excluding carboxylic acids is 2. The van der Waals surface area contributed by atoms with Gasteiger partial charge in [-0.2, -0.15) is 0 Å². The minimum Gasteiger partial charge on any atom is -0.362 e. The standard InChI is InChI=1S/C12H15N3O4/c1-9(16)14-8-10-2-4-11(5-3-10)12(17)13-6-7-19-15-18/h2-5H,6-8H2,1H3,(H,13,17)(H,14,16)/i7D. The van der Waals surface area contributed by atoms with E-state index < -0.39 is 6.58 Å². The van der Waals surface area contributed by atoms with Crippen molar-refractivity contribution in [1.82, 2.24) is 10.6 Å². The van der Waals surface area contributed by atoms with Gasteiger partial charge >= 0.3 is 0 Å². The average molecular weight is 266 g/mol. The van der Waals surface area contributed by atoms with Crippen LogP contribution in [-0.4, -0.2) is 24.9 Å². The van der Waals surface area contributed by atoms with Crippen LogP contribution < -0.4 is 10.6 Å². The second kappa shape index (κ2) is 7.80. The molecule has 19 heavy (non-hydrogen) atoms. The Morgan fingerprint density at radius 2 is 2.00 bits per heavy atom. The minimum absolute atomic E-state index is 0.128. The molecule has 0 saturated heterocycles. The van der Waals surface area contributed by atoms with Crippen molar-refractivity contribution in [2.75, 3.05) is 13.1 Å². The first-order valence-electron chi connectivity index (χ1n) is 6.13. The number of amides is 2. The number of nitrogens with zero attached hydrogens (tertiary/aromatic N) is 1. The van der Waals surface area contributed by atoms with E-state index in [2.05, 4.69) is 20.8 Å². The summed E-state index contributed by atoms with van der Waals surface area (Å²) in [4.78, 5) is 36.3. The van der Waals surface area contributed by atoms with Crippen LogP contribution in [0.4, 0.5) is 0 Å².